The summed E-state index contributed by atoms with van der Waals surface area (Å²) in [5, 5.41) is 4.16. The standard InChI is InChI=1S/C11H7BrFN5/c12-6-4-15-11-16-10(17-18(11)5-6)8-3-7(14)1-2-9(8)13/h1-5H,14H2. The van der Waals surface area contributed by atoms with E-state index < -0.39 is 5.82 Å². The quantitative estimate of drug-likeness (QED) is 0.700. The Morgan fingerprint density at radius 1 is 1.33 bits per heavy atom. The SMILES string of the molecule is Nc1ccc(F)c(-c2nc3ncc(Br)cn3n2)c1. The van der Waals surface area contributed by atoms with Crippen LogP contribution in [-0.2, 0) is 0 Å². The van der Waals surface area contributed by atoms with Crippen LogP contribution in [0.15, 0.2) is 35.1 Å². The van der Waals surface area contributed by atoms with E-state index in [-0.39, 0.29) is 11.4 Å². The molecule has 2 heterocycles. The van der Waals surface area contributed by atoms with Gasteiger partial charge < -0.3 is 5.73 Å². The van der Waals surface area contributed by atoms with Crippen LogP contribution in [0.25, 0.3) is 17.2 Å². The maximum Gasteiger partial charge on any atom is 0.252 e. The number of hydrogen-bond acceptors (Lipinski definition) is 4. The Bertz CT molecular complexity index is 739. The van der Waals surface area contributed by atoms with E-state index in [4.69, 9.17) is 5.73 Å². The number of rotatable bonds is 1. The lowest BCUT2D eigenvalue weighted by atomic mass is 10.2. The molecule has 0 saturated heterocycles. The highest BCUT2D eigenvalue weighted by Crippen LogP contribution is 2.22. The molecule has 18 heavy (non-hydrogen) atoms. The highest BCUT2D eigenvalue weighted by atomic mass is 79.9. The van der Waals surface area contributed by atoms with Gasteiger partial charge in [-0.25, -0.2) is 13.9 Å². The van der Waals surface area contributed by atoms with E-state index in [0.29, 0.717) is 11.5 Å². The maximum absolute atomic E-state index is 13.7. The van der Waals surface area contributed by atoms with Gasteiger partial charge in [-0.3, -0.25) is 0 Å². The number of fused-ring (bicyclic) bond motifs is 1. The summed E-state index contributed by atoms with van der Waals surface area (Å²) in [4.78, 5) is 8.22. The summed E-state index contributed by atoms with van der Waals surface area (Å²) in [6.45, 7) is 0. The number of nitrogen functional groups attached to an aromatic ring is 1. The van der Waals surface area contributed by atoms with Crippen LogP contribution in [0.2, 0.25) is 0 Å². The zero-order valence-corrected chi connectivity index (χ0v) is 10.6. The van der Waals surface area contributed by atoms with Crippen molar-refractivity contribution in [2.75, 3.05) is 5.73 Å². The second kappa shape index (κ2) is 4.02. The molecule has 3 rings (SSSR count). The van der Waals surface area contributed by atoms with Gasteiger partial charge in [0.15, 0.2) is 5.82 Å². The summed E-state index contributed by atoms with van der Waals surface area (Å²) in [6.07, 6.45) is 3.30. The first-order valence-corrected chi connectivity index (χ1v) is 5.86. The van der Waals surface area contributed by atoms with Crippen molar-refractivity contribution in [3.63, 3.8) is 0 Å². The monoisotopic (exact) mass is 307 g/mol. The third-order valence-electron chi connectivity index (χ3n) is 2.39. The van der Waals surface area contributed by atoms with E-state index in [2.05, 4.69) is 31.0 Å². The second-order valence-corrected chi connectivity index (χ2v) is 4.61. The van der Waals surface area contributed by atoms with Gasteiger partial charge in [0.05, 0.1) is 10.0 Å². The van der Waals surface area contributed by atoms with Crippen molar-refractivity contribution in [2.45, 2.75) is 0 Å². The van der Waals surface area contributed by atoms with E-state index in [9.17, 15) is 4.39 Å². The number of halogens is 2. The smallest absolute Gasteiger partial charge is 0.252 e. The molecule has 2 aromatic heterocycles. The van der Waals surface area contributed by atoms with Gasteiger partial charge >= 0.3 is 0 Å². The molecule has 0 aliphatic carbocycles. The number of benzene rings is 1. The Morgan fingerprint density at radius 2 is 2.17 bits per heavy atom. The lowest BCUT2D eigenvalue weighted by Gasteiger charge is -1.98. The number of hydrogen-bond donors (Lipinski definition) is 1. The molecule has 0 fully saturated rings. The molecule has 0 unspecified atom stereocenters. The van der Waals surface area contributed by atoms with Gasteiger partial charge in [0.1, 0.15) is 5.82 Å². The highest BCUT2D eigenvalue weighted by Gasteiger charge is 2.12. The maximum atomic E-state index is 13.7. The van der Waals surface area contributed by atoms with E-state index in [1.807, 2.05) is 0 Å². The van der Waals surface area contributed by atoms with Gasteiger partial charge in [0, 0.05) is 18.1 Å². The van der Waals surface area contributed by atoms with E-state index in [1.54, 1.807) is 12.4 Å². The van der Waals surface area contributed by atoms with Gasteiger partial charge in [-0.1, -0.05) is 0 Å². The molecule has 0 atom stereocenters. The third-order valence-corrected chi connectivity index (χ3v) is 2.80. The molecule has 0 spiro atoms. The van der Waals surface area contributed by atoms with Gasteiger partial charge in [0.25, 0.3) is 5.78 Å². The number of nitrogens with zero attached hydrogens (tertiary/aromatic N) is 4. The zero-order chi connectivity index (χ0) is 12.7. The van der Waals surface area contributed by atoms with Crippen LogP contribution < -0.4 is 5.73 Å². The topological polar surface area (TPSA) is 69.1 Å². The summed E-state index contributed by atoms with van der Waals surface area (Å²) < 4.78 is 15.9. The molecule has 2 N–H and O–H groups in total. The van der Waals surface area contributed by atoms with Crippen LogP contribution in [0, 0.1) is 5.82 Å². The van der Waals surface area contributed by atoms with Crippen LogP contribution in [0.4, 0.5) is 10.1 Å². The van der Waals surface area contributed by atoms with E-state index in [0.717, 1.165) is 4.47 Å². The number of anilines is 1. The van der Waals surface area contributed by atoms with Crippen LogP contribution in [0.5, 0.6) is 0 Å². The summed E-state index contributed by atoms with van der Waals surface area (Å²) in [5.74, 6) is 0.236. The first kappa shape index (κ1) is 11.1. The van der Waals surface area contributed by atoms with Crippen molar-refractivity contribution < 1.29 is 4.39 Å². The molecule has 0 radical (unpaired) electrons. The Labute approximate surface area is 110 Å². The van der Waals surface area contributed by atoms with Crippen molar-refractivity contribution in [1.82, 2.24) is 19.6 Å². The average molecular weight is 308 g/mol. The molecule has 90 valence electrons. The summed E-state index contributed by atoms with van der Waals surface area (Å²) in [5.41, 5.74) is 6.35. The lowest BCUT2D eigenvalue weighted by Crippen LogP contribution is -1.92. The minimum Gasteiger partial charge on any atom is -0.399 e. The molecule has 0 aliphatic rings. The Kier molecular flexibility index (Phi) is 2.48. The molecule has 5 nitrogen and oxygen atoms in total. The first-order valence-electron chi connectivity index (χ1n) is 5.07. The van der Waals surface area contributed by atoms with Gasteiger partial charge in [-0.2, -0.15) is 4.98 Å². The van der Waals surface area contributed by atoms with Crippen LogP contribution in [0.3, 0.4) is 0 Å². The van der Waals surface area contributed by atoms with E-state index >= 15 is 0 Å². The Hall–Kier alpha value is -2.02. The molecular formula is C11H7BrFN5. The van der Waals surface area contributed by atoms with Crippen LogP contribution >= 0.6 is 15.9 Å². The van der Waals surface area contributed by atoms with Crippen LogP contribution in [0.1, 0.15) is 0 Å². The third kappa shape index (κ3) is 1.82. The fraction of sp³-hybridized carbons (Fsp3) is 0. The lowest BCUT2D eigenvalue weighted by molar-refractivity contribution is 0.630. The van der Waals surface area contributed by atoms with E-state index in [1.165, 1.54) is 22.7 Å². The molecule has 0 saturated carbocycles. The fourth-order valence-corrected chi connectivity index (χ4v) is 1.88. The van der Waals surface area contributed by atoms with Crippen molar-refractivity contribution >= 4 is 27.4 Å². The molecular weight excluding hydrogens is 301 g/mol. The van der Waals surface area contributed by atoms with Gasteiger partial charge in [-0.15, -0.1) is 5.10 Å². The van der Waals surface area contributed by atoms with Gasteiger partial charge in [0.2, 0.25) is 0 Å². The largest absolute Gasteiger partial charge is 0.399 e. The van der Waals surface area contributed by atoms with Crippen molar-refractivity contribution in [1.29, 1.82) is 0 Å². The minimum absolute atomic E-state index is 0.255. The predicted molar refractivity (Wildman–Crippen MR) is 68.3 cm³/mol. The molecule has 1 aromatic carbocycles. The van der Waals surface area contributed by atoms with Crippen LogP contribution in [-0.4, -0.2) is 19.6 Å². The average Bonchev–Trinajstić information content (AvgIpc) is 2.74. The normalized spacial score (nSPS) is 11.0. The molecule has 0 amide bonds. The Balaban J connectivity index is 2.22. The molecule has 7 heteroatoms. The molecule has 3 aromatic rings. The summed E-state index contributed by atoms with van der Waals surface area (Å²) >= 11 is 3.28. The second-order valence-electron chi connectivity index (χ2n) is 3.69. The van der Waals surface area contributed by atoms with Crippen molar-refractivity contribution in [3.8, 4) is 11.4 Å². The summed E-state index contributed by atoms with van der Waals surface area (Å²) in [7, 11) is 0. The summed E-state index contributed by atoms with van der Waals surface area (Å²) in [6, 6.07) is 4.28. The number of aromatic nitrogens is 4. The fourth-order valence-electron chi connectivity index (χ4n) is 1.59. The number of nitrogens with two attached hydrogens (primary N) is 1. The molecule has 0 aliphatic heterocycles. The van der Waals surface area contributed by atoms with Crippen molar-refractivity contribution in [2.24, 2.45) is 0 Å². The van der Waals surface area contributed by atoms with Gasteiger partial charge in [-0.05, 0) is 34.1 Å². The zero-order valence-electron chi connectivity index (χ0n) is 9.01. The first-order chi connectivity index (χ1) is 8.63. The highest BCUT2D eigenvalue weighted by molar-refractivity contribution is 9.10. The molecule has 0 bridgehead atoms. The van der Waals surface area contributed by atoms with Crippen molar-refractivity contribution in [3.05, 3.63) is 40.9 Å². The predicted octanol–water partition coefficient (Wildman–Crippen LogP) is 2.28. The Morgan fingerprint density at radius 3 is 3.00 bits per heavy atom. The minimum atomic E-state index is -0.417.